The molecule has 0 fully saturated rings. The predicted molar refractivity (Wildman–Crippen MR) is 120 cm³/mol. The second-order valence-electron chi connectivity index (χ2n) is 9.24. The number of hydrogen-bond acceptors (Lipinski definition) is 0. The Kier molecular flexibility index (Phi) is 19.7. The molecule has 0 saturated carbocycles. The van der Waals surface area contributed by atoms with Crippen molar-refractivity contribution in [3.8, 4) is 0 Å². The summed E-state index contributed by atoms with van der Waals surface area (Å²) in [6, 6.07) is 0. The minimum atomic E-state index is -0.473. The van der Waals surface area contributed by atoms with Gasteiger partial charge in [0.05, 0.1) is 0 Å². The fourth-order valence-electron chi connectivity index (χ4n) is 4.36. The Morgan fingerprint density at radius 2 is 0.720 bits per heavy atom. The van der Waals surface area contributed by atoms with Crippen molar-refractivity contribution < 1.29 is 0 Å². The monoisotopic (exact) mass is 366 g/mol. The van der Waals surface area contributed by atoms with E-state index in [4.69, 9.17) is 0 Å². The van der Waals surface area contributed by atoms with Gasteiger partial charge in [0.1, 0.15) is 0 Å². The van der Waals surface area contributed by atoms with Crippen molar-refractivity contribution in [1.82, 2.24) is 0 Å². The van der Waals surface area contributed by atoms with E-state index < -0.39 is 14.1 Å². The van der Waals surface area contributed by atoms with Crippen LogP contribution in [0.5, 0.6) is 0 Å². The van der Waals surface area contributed by atoms with Crippen LogP contribution in [0.4, 0.5) is 0 Å². The maximum absolute atomic E-state index is 2.46. The average Bonchev–Trinajstić information content (AvgIpc) is 2.57. The Bertz CT molecular complexity index is 238. The van der Waals surface area contributed by atoms with Crippen molar-refractivity contribution in [3.05, 3.63) is 0 Å². The molecule has 0 aliphatic carbocycles. The third-order valence-electron chi connectivity index (χ3n) is 6.10. The largest absolute Gasteiger partial charge is 0.267 e. The van der Waals surface area contributed by atoms with Gasteiger partial charge in [0.15, 0.2) is 0 Å². The molecule has 1 heteroatoms. The van der Waals surface area contributed by atoms with Crippen molar-refractivity contribution in [2.24, 2.45) is 0 Å². The molecular formula is C24H51Al. The van der Waals surface area contributed by atoms with Crippen LogP contribution in [0, 0.1) is 0 Å². The molecule has 0 aliphatic heterocycles. The van der Waals surface area contributed by atoms with Gasteiger partial charge in [-0.25, -0.2) is 0 Å². The van der Waals surface area contributed by atoms with Crippen LogP contribution in [-0.2, 0) is 0 Å². The van der Waals surface area contributed by atoms with Crippen LogP contribution in [0.1, 0.15) is 137 Å². The van der Waals surface area contributed by atoms with Gasteiger partial charge < -0.3 is 0 Å². The van der Waals surface area contributed by atoms with E-state index in [2.05, 4.69) is 34.6 Å². The van der Waals surface area contributed by atoms with Crippen LogP contribution in [0.25, 0.3) is 0 Å². The molecule has 0 nitrogen and oxygen atoms in total. The summed E-state index contributed by atoms with van der Waals surface area (Å²) < 4.78 is 1.99. The van der Waals surface area contributed by atoms with Crippen LogP contribution in [-0.4, -0.2) is 14.1 Å². The second-order valence-corrected chi connectivity index (χ2v) is 13.8. The zero-order valence-corrected chi connectivity index (χ0v) is 19.9. The smallest absolute Gasteiger partial charge is 0.0935 e. The van der Waals surface area contributed by atoms with Crippen LogP contribution >= 0.6 is 0 Å². The molecule has 0 aromatic heterocycles. The van der Waals surface area contributed by atoms with E-state index in [9.17, 15) is 0 Å². The maximum Gasteiger partial charge on any atom is 0.267 e. The molecule has 0 aromatic rings. The zero-order chi connectivity index (χ0) is 18.8. The topological polar surface area (TPSA) is 0 Å². The van der Waals surface area contributed by atoms with Gasteiger partial charge in [0.2, 0.25) is 0 Å². The quantitative estimate of drug-likeness (QED) is 0.158. The lowest BCUT2D eigenvalue weighted by atomic mass is 10.0. The van der Waals surface area contributed by atoms with E-state index in [1.807, 2.05) is 0 Å². The first-order chi connectivity index (χ1) is 12.1. The summed E-state index contributed by atoms with van der Waals surface area (Å²) in [7, 11) is 0. The lowest BCUT2D eigenvalue weighted by molar-refractivity contribution is 0.531. The molecule has 0 saturated heterocycles. The van der Waals surface area contributed by atoms with Crippen molar-refractivity contribution in [1.29, 1.82) is 0 Å². The van der Waals surface area contributed by atoms with Gasteiger partial charge in [-0.3, -0.25) is 0 Å². The van der Waals surface area contributed by atoms with Crippen LogP contribution < -0.4 is 0 Å². The van der Waals surface area contributed by atoms with E-state index in [1.165, 1.54) is 103 Å². The molecule has 150 valence electrons. The number of hydrogen-bond donors (Lipinski definition) is 0. The highest BCUT2D eigenvalue weighted by Gasteiger charge is 2.23. The molecule has 0 aliphatic rings. The highest BCUT2D eigenvalue weighted by Crippen LogP contribution is 2.25. The summed E-state index contributed by atoms with van der Waals surface area (Å²) in [4.78, 5) is 0. The molecule has 0 aromatic carbocycles. The number of unbranched alkanes of at least 4 members (excludes halogenated alkanes) is 15. The van der Waals surface area contributed by atoms with Gasteiger partial charge in [0, 0.05) is 0 Å². The average molecular weight is 367 g/mol. The molecule has 25 heavy (non-hydrogen) atoms. The lowest BCUT2D eigenvalue weighted by Gasteiger charge is -2.19. The van der Waals surface area contributed by atoms with Crippen molar-refractivity contribution >= 4 is 14.1 Å². The van der Waals surface area contributed by atoms with Crippen LogP contribution in [0.2, 0.25) is 14.8 Å². The Hall–Kier alpha value is 0.532. The van der Waals surface area contributed by atoms with Gasteiger partial charge in [-0.15, -0.1) is 0 Å². The molecule has 0 heterocycles. The van der Waals surface area contributed by atoms with E-state index in [0.29, 0.717) is 0 Å². The van der Waals surface area contributed by atoms with Gasteiger partial charge >= 0.3 is 0 Å². The van der Waals surface area contributed by atoms with Gasteiger partial charge in [-0.05, 0) is 0 Å². The van der Waals surface area contributed by atoms with E-state index >= 15 is 0 Å². The van der Waals surface area contributed by atoms with Gasteiger partial charge in [-0.1, -0.05) is 152 Å². The fraction of sp³-hybridized carbons (Fsp3) is 1.00. The molecule has 0 bridgehead atoms. The number of rotatable bonds is 19. The minimum absolute atomic E-state index is 0.473. The van der Waals surface area contributed by atoms with E-state index in [0.717, 1.165) is 9.56 Å². The van der Waals surface area contributed by atoms with Gasteiger partial charge in [0.25, 0.3) is 14.1 Å². The molecule has 0 atom stereocenters. The summed E-state index contributed by atoms with van der Waals surface area (Å²) >= 11 is -0.473. The normalized spacial score (nSPS) is 11.6. The molecule has 0 spiro atoms. The van der Waals surface area contributed by atoms with Crippen molar-refractivity contribution in [2.75, 3.05) is 0 Å². The summed E-state index contributed by atoms with van der Waals surface area (Å²) in [5.41, 5.74) is 0. The molecule has 0 rings (SSSR count). The van der Waals surface area contributed by atoms with E-state index in [1.54, 1.807) is 5.28 Å². The summed E-state index contributed by atoms with van der Waals surface area (Å²) in [6.07, 6.45) is 23.7. The Morgan fingerprint density at radius 1 is 0.440 bits per heavy atom. The first-order valence-corrected chi connectivity index (χ1v) is 14.2. The molecule has 0 N–H and O–H groups in total. The third kappa shape index (κ3) is 17.7. The third-order valence-corrected chi connectivity index (χ3v) is 10.6. The SMILES string of the molecule is CCCCCCCCCCCCCCCCC[CH2][Al]([CH](C)C)[CH](C)C. The Balaban J connectivity index is 3.19. The van der Waals surface area contributed by atoms with E-state index in [-0.39, 0.29) is 0 Å². The molecular weight excluding hydrogens is 315 g/mol. The van der Waals surface area contributed by atoms with Crippen molar-refractivity contribution in [3.63, 3.8) is 0 Å². The zero-order valence-electron chi connectivity index (χ0n) is 18.8. The summed E-state index contributed by atoms with van der Waals surface area (Å²) in [6.45, 7) is 12.1. The Morgan fingerprint density at radius 3 is 1.00 bits per heavy atom. The highest BCUT2D eigenvalue weighted by molar-refractivity contribution is 6.61. The lowest BCUT2D eigenvalue weighted by Crippen LogP contribution is -2.20. The first-order valence-electron chi connectivity index (χ1n) is 12.1. The maximum atomic E-state index is 2.46. The van der Waals surface area contributed by atoms with Crippen LogP contribution in [0.3, 0.4) is 0 Å². The first kappa shape index (κ1) is 25.5. The Labute approximate surface area is 166 Å². The predicted octanol–water partition coefficient (Wildman–Crippen LogP) is 9.56. The molecule has 0 radical (unpaired) electrons. The summed E-state index contributed by atoms with van der Waals surface area (Å²) in [5.74, 6) is 0. The molecule has 0 amide bonds. The summed E-state index contributed by atoms with van der Waals surface area (Å²) in [5, 5.41) is 1.59. The second kappa shape index (κ2) is 19.3. The van der Waals surface area contributed by atoms with Crippen molar-refractivity contribution in [2.45, 2.75) is 152 Å². The fourth-order valence-corrected chi connectivity index (χ4v) is 8.00. The molecule has 0 unspecified atom stereocenters. The standard InChI is InChI=1S/C18H37.2C3H7.Al/c1-3-5-7-9-11-13-15-17-18-16-14-12-10-8-6-4-2;2*1-3-2;/h1,3-18H2,2H3;2*3H,1-2H3;. The van der Waals surface area contributed by atoms with Crippen LogP contribution in [0.15, 0.2) is 0 Å². The highest BCUT2D eigenvalue weighted by atomic mass is 27.2. The van der Waals surface area contributed by atoms with Gasteiger partial charge in [-0.2, -0.15) is 0 Å². The minimum Gasteiger partial charge on any atom is -0.0935 e.